The molecule has 6 heteroatoms. The lowest BCUT2D eigenvalue weighted by molar-refractivity contribution is -0.140. The first-order chi connectivity index (χ1) is 12.5. The van der Waals surface area contributed by atoms with Crippen molar-refractivity contribution >= 4 is 33.4 Å². The number of hydrogen-bond donors (Lipinski definition) is 2. The Kier molecular flexibility index (Phi) is 5.54. The highest BCUT2D eigenvalue weighted by Crippen LogP contribution is 2.39. The second kappa shape index (κ2) is 7.85. The number of aliphatic hydroxyl groups is 2. The van der Waals surface area contributed by atoms with Gasteiger partial charge in [-0.25, -0.2) is 0 Å². The summed E-state index contributed by atoms with van der Waals surface area (Å²) in [5, 5.41) is 19.9. The number of aliphatic hydroxyl groups excluding tert-OH is 2. The number of carbonyl (C=O) groups is 2. The minimum absolute atomic E-state index is 0.0708. The molecule has 1 aliphatic heterocycles. The fraction of sp³-hybridized carbons (Fsp3) is 0.200. The summed E-state index contributed by atoms with van der Waals surface area (Å²) in [4.78, 5) is 26.6. The van der Waals surface area contributed by atoms with E-state index in [-0.39, 0.29) is 24.5 Å². The van der Waals surface area contributed by atoms with Crippen LogP contribution in [0, 0.1) is 0 Å². The zero-order chi connectivity index (χ0) is 18.7. The number of nitrogens with zero attached hydrogens (tertiary/aromatic N) is 1. The molecule has 1 atom stereocenters. The SMILES string of the molecule is O=C1C(=O)N(CCCO)[C@H](c2ccccc2)/C1=C(\O)c1ccc(Br)cc1. The van der Waals surface area contributed by atoms with E-state index in [4.69, 9.17) is 5.11 Å². The molecular weight excluding hydrogens is 398 g/mol. The van der Waals surface area contributed by atoms with Crippen LogP contribution in [-0.2, 0) is 9.59 Å². The van der Waals surface area contributed by atoms with Crippen molar-refractivity contribution in [2.24, 2.45) is 0 Å². The van der Waals surface area contributed by atoms with Gasteiger partial charge in [-0.15, -0.1) is 0 Å². The second-order valence-corrected chi connectivity index (χ2v) is 6.90. The van der Waals surface area contributed by atoms with E-state index in [9.17, 15) is 14.7 Å². The molecule has 1 heterocycles. The first-order valence-electron chi connectivity index (χ1n) is 8.24. The third-order valence-corrected chi connectivity index (χ3v) is 4.86. The Bertz CT molecular complexity index is 846. The molecule has 1 fully saturated rings. The van der Waals surface area contributed by atoms with E-state index >= 15 is 0 Å². The van der Waals surface area contributed by atoms with Crippen LogP contribution in [0.3, 0.4) is 0 Å². The van der Waals surface area contributed by atoms with Gasteiger partial charge in [0, 0.05) is 23.2 Å². The van der Waals surface area contributed by atoms with Crippen LogP contribution in [0.1, 0.15) is 23.6 Å². The van der Waals surface area contributed by atoms with Crippen molar-refractivity contribution in [2.75, 3.05) is 13.2 Å². The smallest absolute Gasteiger partial charge is 0.295 e. The number of Topliss-reactive ketones (excluding diaryl/α,β-unsaturated/α-hetero) is 1. The van der Waals surface area contributed by atoms with Crippen LogP contribution in [0.4, 0.5) is 0 Å². The summed E-state index contributed by atoms with van der Waals surface area (Å²) in [7, 11) is 0. The van der Waals surface area contributed by atoms with E-state index in [1.807, 2.05) is 30.3 Å². The monoisotopic (exact) mass is 415 g/mol. The van der Waals surface area contributed by atoms with Crippen LogP contribution in [0.15, 0.2) is 64.6 Å². The Hall–Kier alpha value is -2.44. The zero-order valence-electron chi connectivity index (χ0n) is 13.9. The standard InChI is InChI=1S/C20H18BrNO4/c21-15-9-7-14(8-10-15)18(24)16-17(13-5-2-1-3-6-13)22(11-4-12-23)20(26)19(16)25/h1-3,5-10,17,23-24H,4,11-12H2/b18-16+/t17-/m1/s1. The number of ketones is 1. The van der Waals surface area contributed by atoms with Gasteiger partial charge in [-0.2, -0.15) is 0 Å². The maximum Gasteiger partial charge on any atom is 0.295 e. The van der Waals surface area contributed by atoms with E-state index in [1.54, 1.807) is 24.3 Å². The second-order valence-electron chi connectivity index (χ2n) is 5.99. The topological polar surface area (TPSA) is 77.8 Å². The van der Waals surface area contributed by atoms with Crippen molar-refractivity contribution in [3.8, 4) is 0 Å². The van der Waals surface area contributed by atoms with Crippen LogP contribution in [0.5, 0.6) is 0 Å². The predicted octanol–water partition coefficient (Wildman–Crippen LogP) is 3.25. The third kappa shape index (κ3) is 3.43. The van der Waals surface area contributed by atoms with Gasteiger partial charge in [0.15, 0.2) is 0 Å². The lowest BCUT2D eigenvalue weighted by Crippen LogP contribution is -2.31. The summed E-state index contributed by atoms with van der Waals surface area (Å²) in [5.41, 5.74) is 1.28. The molecule has 1 saturated heterocycles. The largest absolute Gasteiger partial charge is 0.507 e. The highest BCUT2D eigenvalue weighted by atomic mass is 79.9. The van der Waals surface area contributed by atoms with E-state index in [2.05, 4.69) is 15.9 Å². The number of amides is 1. The molecule has 0 aromatic heterocycles. The van der Waals surface area contributed by atoms with Gasteiger partial charge in [-0.1, -0.05) is 58.4 Å². The van der Waals surface area contributed by atoms with Crippen molar-refractivity contribution in [3.05, 3.63) is 75.8 Å². The molecule has 0 saturated carbocycles. The van der Waals surface area contributed by atoms with Crippen molar-refractivity contribution in [2.45, 2.75) is 12.5 Å². The fourth-order valence-corrected chi connectivity index (χ4v) is 3.36. The minimum atomic E-state index is -0.711. The number of halogens is 1. The molecule has 0 unspecified atom stereocenters. The summed E-state index contributed by atoms with van der Waals surface area (Å²) in [6.45, 7) is 0.148. The summed E-state index contributed by atoms with van der Waals surface area (Å²) >= 11 is 3.34. The van der Waals surface area contributed by atoms with Crippen molar-refractivity contribution in [1.29, 1.82) is 0 Å². The molecule has 0 aliphatic carbocycles. The molecule has 26 heavy (non-hydrogen) atoms. The molecule has 134 valence electrons. The molecule has 0 spiro atoms. The number of rotatable bonds is 5. The Morgan fingerprint density at radius 1 is 1.04 bits per heavy atom. The number of hydrogen-bond acceptors (Lipinski definition) is 4. The van der Waals surface area contributed by atoms with Crippen molar-refractivity contribution < 1.29 is 19.8 Å². The van der Waals surface area contributed by atoms with E-state index in [1.165, 1.54) is 4.90 Å². The number of carbonyl (C=O) groups excluding carboxylic acids is 2. The molecule has 1 aliphatic rings. The summed E-state index contributed by atoms with van der Waals surface area (Å²) in [6.07, 6.45) is 0.356. The zero-order valence-corrected chi connectivity index (χ0v) is 15.5. The van der Waals surface area contributed by atoms with E-state index in [0.29, 0.717) is 12.0 Å². The quantitative estimate of drug-likeness (QED) is 0.446. The summed E-state index contributed by atoms with van der Waals surface area (Å²) in [6, 6.07) is 15.3. The Morgan fingerprint density at radius 3 is 2.31 bits per heavy atom. The molecule has 2 aromatic rings. The molecule has 2 N–H and O–H groups in total. The number of likely N-dealkylation sites (tertiary alicyclic amines) is 1. The molecule has 0 bridgehead atoms. The fourth-order valence-electron chi connectivity index (χ4n) is 3.10. The van der Waals surface area contributed by atoms with Gasteiger partial charge in [-0.05, 0) is 24.1 Å². The van der Waals surface area contributed by atoms with Gasteiger partial charge in [0.1, 0.15) is 5.76 Å². The normalized spacial score (nSPS) is 19.2. The van der Waals surface area contributed by atoms with Gasteiger partial charge in [-0.3, -0.25) is 9.59 Å². The van der Waals surface area contributed by atoms with Gasteiger partial charge >= 0.3 is 0 Å². The van der Waals surface area contributed by atoms with Crippen LogP contribution in [0.2, 0.25) is 0 Å². The predicted molar refractivity (Wildman–Crippen MR) is 101 cm³/mol. The van der Waals surface area contributed by atoms with Crippen LogP contribution in [0.25, 0.3) is 5.76 Å². The van der Waals surface area contributed by atoms with Gasteiger partial charge in [0.05, 0.1) is 11.6 Å². The highest BCUT2D eigenvalue weighted by Gasteiger charge is 2.45. The van der Waals surface area contributed by atoms with Crippen molar-refractivity contribution in [3.63, 3.8) is 0 Å². The molecule has 3 rings (SSSR count). The number of benzene rings is 2. The summed E-state index contributed by atoms with van der Waals surface area (Å²) < 4.78 is 0.844. The molecule has 2 aromatic carbocycles. The molecule has 5 nitrogen and oxygen atoms in total. The highest BCUT2D eigenvalue weighted by molar-refractivity contribution is 9.10. The van der Waals surface area contributed by atoms with E-state index in [0.717, 1.165) is 10.0 Å². The first-order valence-corrected chi connectivity index (χ1v) is 9.04. The summed E-state index contributed by atoms with van der Waals surface area (Å²) in [5.74, 6) is -1.57. The lowest BCUT2D eigenvalue weighted by atomic mass is 9.95. The van der Waals surface area contributed by atoms with Crippen molar-refractivity contribution in [1.82, 2.24) is 4.90 Å². The average molecular weight is 416 g/mol. The molecule has 1 amide bonds. The molecule has 0 radical (unpaired) electrons. The molecular formula is C20H18BrNO4. The van der Waals surface area contributed by atoms with Gasteiger partial charge in [0.2, 0.25) is 0 Å². The van der Waals surface area contributed by atoms with Gasteiger partial charge in [0.25, 0.3) is 11.7 Å². The Labute approximate surface area is 159 Å². The maximum atomic E-state index is 12.7. The van der Waals surface area contributed by atoms with Crippen LogP contribution in [-0.4, -0.2) is 40.0 Å². The van der Waals surface area contributed by atoms with E-state index < -0.39 is 17.7 Å². The lowest BCUT2D eigenvalue weighted by Gasteiger charge is -2.25. The first kappa shape index (κ1) is 18.4. The Morgan fingerprint density at radius 2 is 1.69 bits per heavy atom. The maximum absolute atomic E-state index is 12.7. The minimum Gasteiger partial charge on any atom is -0.507 e. The Balaban J connectivity index is 2.14. The van der Waals surface area contributed by atoms with Crippen LogP contribution >= 0.6 is 15.9 Å². The average Bonchev–Trinajstić information content (AvgIpc) is 2.91. The third-order valence-electron chi connectivity index (χ3n) is 4.33. The van der Waals surface area contributed by atoms with Gasteiger partial charge < -0.3 is 15.1 Å². The van der Waals surface area contributed by atoms with Crippen LogP contribution < -0.4 is 0 Å².